The summed E-state index contributed by atoms with van der Waals surface area (Å²) in [4.78, 5) is 25.1. The van der Waals surface area contributed by atoms with Gasteiger partial charge in [0.2, 0.25) is 5.78 Å². The van der Waals surface area contributed by atoms with Gasteiger partial charge in [0.15, 0.2) is 6.61 Å². The molecule has 28 heavy (non-hydrogen) atoms. The number of nitrogens with zero attached hydrogens (tertiary/aromatic N) is 1. The van der Waals surface area contributed by atoms with Crippen molar-refractivity contribution >= 4 is 11.8 Å². The molecule has 0 aromatic heterocycles. The first-order valence-corrected chi connectivity index (χ1v) is 9.42. The van der Waals surface area contributed by atoms with Crippen LogP contribution in [0.3, 0.4) is 0 Å². The molecule has 0 aliphatic carbocycles. The molecular weight excluding hydrogens is 374 g/mol. The van der Waals surface area contributed by atoms with Crippen LogP contribution in [0.2, 0.25) is 0 Å². The molecule has 10 nitrogen and oxygen atoms in total. The van der Waals surface area contributed by atoms with E-state index in [1.807, 2.05) is 4.90 Å². The highest BCUT2D eigenvalue weighted by molar-refractivity contribution is 6.22. The van der Waals surface area contributed by atoms with Crippen LogP contribution in [0.15, 0.2) is 11.3 Å². The SMILES string of the molecule is O=C1COC(=O)/C1=C(/O)CN1CCOCCOCCOCCOCCOCC1. The molecule has 0 bridgehead atoms. The molecule has 2 saturated heterocycles. The van der Waals surface area contributed by atoms with Crippen LogP contribution >= 0.6 is 0 Å². The number of cyclic esters (lactones) is 1. The number of carbonyl (C=O) groups excluding carboxylic acids is 2. The van der Waals surface area contributed by atoms with Gasteiger partial charge >= 0.3 is 5.97 Å². The number of Topliss-reactive ketones (excluding diaryl/α,β-unsaturated/α-hetero) is 1. The average Bonchev–Trinajstić information content (AvgIpc) is 3.01. The van der Waals surface area contributed by atoms with Gasteiger partial charge < -0.3 is 33.5 Å². The van der Waals surface area contributed by atoms with Gasteiger partial charge in [-0.3, -0.25) is 9.69 Å². The molecule has 160 valence electrons. The smallest absolute Gasteiger partial charge is 0.345 e. The second-order valence-corrected chi connectivity index (χ2v) is 6.16. The maximum atomic E-state index is 11.7. The van der Waals surface area contributed by atoms with Crippen molar-refractivity contribution < 1.29 is 43.1 Å². The first-order chi connectivity index (χ1) is 13.7. The van der Waals surface area contributed by atoms with E-state index in [1.165, 1.54) is 0 Å². The van der Waals surface area contributed by atoms with Crippen LogP contribution in [0, 0.1) is 0 Å². The van der Waals surface area contributed by atoms with E-state index in [-0.39, 0.29) is 24.5 Å². The van der Waals surface area contributed by atoms with Gasteiger partial charge in [0.25, 0.3) is 0 Å². The Balaban J connectivity index is 1.84. The fourth-order valence-electron chi connectivity index (χ4n) is 2.60. The molecule has 0 aromatic rings. The van der Waals surface area contributed by atoms with Crippen LogP contribution in [0.1, 0.15) is 0 Å². The molecular formula is C18H29NO9. The van der Waals surface area contributed by atoms with Crippen molar-refractivity contribution in [1.82, 2.24) is 4.90 Å². The van der Waals surface area contributed by atoms with E-state index in [9.17, 15) is 14.7 Å². The predicted octanol–water partition coefficient (Wildman–Crippen LogP) is -0.677. The number of rotatable bonds is 2. The van der Waals surface area contributed by atoms with Gasteiger partial charge in [-0.2, -0.15) is 0 Å². The summed E-state index contributed by atoms with van der Waals surface area (Å²) in [6, 6.07) is 0. The summed E-state index contributed by atoms with van der Waals surface area (Å²) in [5.74, 6) is -1.58. The lowest BCUT2D eigenvalue weighted by molar-refractivity contribution is -0.135. The number of hydrogen-bond donors (Lipinski definition) is 1. The van der Waals surface area contributed by atoms with Crippen LogP contribution in [0.4, 0.5) is 0 Å². The molecule has 0 radical (unpaired) electrons. The summed E-state index contributed by atoms with van der Waals surface area (Å²) in [5.41, 5.74) is -0.273. The maximum absolute atomic E-state index is 11.7. The van der Waals surface area contributed by atoms with E-state index < -0.39 is 11.8 Å². The van der Waals surface area contributed by atoms with Crippen molar-refractivity contribution in [1.29, 1.82) is 0 Å². The summed E-state index contributed by atoms with van der Waals surface area (Å²) >= 11 is 0. The van der Waals surface area contributed by atoms with Crippen LogP contribution in [-0.4, -0.2) is 114 Å². The van der Waals surface area contributed by atoms with Gasteiger partial charge in [0.05, 0.1) is 72.6 Å². The van der Waals surface area contributed by atoms with Crippen LogP contribution in [0.25, 0.3) is 0 Å². The Labute approximate surface area is 164 Å². The molecule has 0 saturated carbocycles. The predicted molar refractivity (Wildman–Crippen MR) is 96.2 cm³/mol. The standard InChI is InChI=1S/C18H29NO9/c20-15(17-16(21)14-28-18(17)22)13-19-1-3-23-5-7-25-9-11-27-12-10-26-8-6-24-4-2-19/h20H,1-14H2/b17-15+. The molecule has 0 aromatic carbocycles. The zero-order valence-corrected chi connectivity index (χ0v) is 16.1. The Hall–Kier alpha value is -1.56. The lowest BCUT2D eigenvalue weighted by atomic mass is 10.1. The first kappa shape index (κ1) is 22.7. The van der Waals surface area contributed by atoms with Crippen molar-refractivity contribution in [2.45, 2.75) is 0 Å². The van der Waals surface area contributed by atoms with Gasteiger partial charge in [-0.1, -0.05) is 0 Å². The Kier molecular flexibility index (Phi) is 11.0. The van der Waals surface area contributed by atoms with E-state index in [0.717, 1.165) is 0 Å². The number of carbonyl (C=O) groups is 2. The van der Waals surface area contributed by atoms with E-state index in [2.05, 4.69) is 4.74 Å². The number of ketones is 1. The van der Waals surface area contributed by atoms with Crippen molar-refractivity contribution in [2.24, 2.45) is 0 Å². The summed E-state index contributed by atoms with van der Waals surface area (Å²) in [7, 11) is 0. The van der Waals surface area contributed by atoms with Gasteiger partial charge in [-0.05, 0) is 0 Å². The third kappa shape index (κ3) is 8.63. The first-order valence-electron chi connectivity index (χ1n) is 9.42. The summed E-state index contributed by atoms with van der Waals surface area (Å²) in [6.07, 6.45) is 0. The minimum Gasteiger partial charge on any atom is -0.510 e. The molecule has 0 unspecified atom stereocenters. The molecule has 2 aliphatic heterocycles. The minimum atomic E-state index is -0.783. The quantitative estimate of drug-likeness (QED) is 0.275. The minimum absolute atomic E-state index is 0.0350. The molecule has 2 rings (SSSR count). The van der Waals surface area contributed by atoms with E-state index in [4.69, 9.17) is 23.7 Å². The normalized spacial score (nSPS) is 25.0. The highest BCUT2D eigenvalue weighted by atomic mass is 16.6. The molecule has 10 heteroatoms. The van der Waals surface area contributed by atoms with Gasteiger partial charge in [0, 0.05) is 13.1 Å². The lowest BCUT2D eigenvalue weighted by Crippen LogP contribution is -2.34. The van der Waals surface area contributed by atoms with E-state index in [1.54, 1.807) is 0 Å². The molecule has 2 fully saturated rings. The highest BCUT2D eigenvalue weighted by Crippen LogP contribution is 2.14. The van der Waals surface area contributed by atoms with Crippen molar-refractivity contribution in [3.05, 3.63) is 11.3 Å². The molecule has 2 aliphatic rings. The van der Waals surface area contributed by atoms with E-state index >= 15 is 0 Å². The Bertz CT molecular complexity index is 487. The molecule has 0 spiro atoms. The number of hydrogen-bond acceptors (Lipinski definition) is 10. The zero-order chi connectivity index (χ0) is 20.0. The Morgan fingerprint density at radius 2 is 1.18 bits per heavy atom. The summed E-state index contributed by atoms with van der Waals surface area (Å²) < 4.78 is 31.9. The van der Waals surface area contributed by atoms with Crippen molar-refractivity contribution in [3.63, 3.8) is 0 Å². The van der Waals surface area contributed by atoms with Crippen molar-refractivity contribution in [2.75, 3.05) is 92.3 Å². The Morgan fingerprint density at radius 3 is 1.57 bits per heavy atom. The highest BCUT2D eigenvalue weighted by Gasteiger charge is 2.32. The third-order valence-electron chi connectivity index (χ3n) is 4.07. The third-order valence-corrected chi connectivity index (χ3v) is 4.07. The van der Waals surface area contributed by atoms with E-state index in [0.29, 0.717) is 79.2 Å². The lowest BCUT2D eigenvalue weighted by Gasteiger charge is -2.22. The molecule has 0 amide bonds. The second-order valence-electron chi connectivity index (χ2n) is 6.16. The Morgan fingerprint density at radius 1 is 0.750 bits per heavy atom. The average molecular weight is 403 g/mol. The number of ether oxygens (including phenoxy) is 6. The summed E-state index contributed by atoms with van der Waals surface area (Å²) in [5, 5.41) is 10.2. The monoisotopic (exact) mass is 403 g/mol. The van der Waals surface area contributed by atoms with Crippen molar-refractivity contribution in [3.8, 4) is 0 Å². The fraction of sp³-hybridized carbons (Fsp3) is 0.778. The maximum Gasteiger partial charge on any atom is 0.345 e. The number of aliphatic hydroxyl groups is 1. The fourth-order valence-corrected chi connectivity index (χ4v) is 2.60. The zero-order valence-electron chi connectivity index (χ0n) is 16.1. The van der Waals surface area contributed by atoms with Gasteiger partial charge in [-0.25, -0.2) is 4.79 Å². The van der Waals surface area contributed by atoms with Gasteiger partial charge in [-0.15, -0.1) is 0 Å². The second kappa shape index (κ2) is 13.6. The molecule has 2 heterocycles. The van der Waals surface area contributed by atoms with Crippen LogP contribution in [-0.2, 0) is 38.0 Å². The topological polar surface area (TPSA) is 113 Å². The molecule has 0 atom stereocenters. The number of aliphatic hydroxyl groups excluding tert-OH is 1. The van der Waals surface area contributed by atoms with Crippen LogP contribution in [0.5, 0.6) is 0 Å². The number of esters is 1. The van der Waals surface area contributed by atoms with Gasteiger partial charge in [0.1, 0.15) is 11.3 Å². The largest absolute Gasteiger partial charge is 0.510 e. The van der Waals surface area contributed by atoms with Crippen LogP contribution < -0.4 is 0 Å². The summed E-state index contributed by atoms with van der Waals surface area (Å²) in [6.45, 7) is 5.28. The molecule has 1 N–H and O–H groups in total.